The van der Waals surface area contributed by atoms with Gasteiger partial charge in [-0.05, 0) is 42.4 Å². The van der Waals surface area contributed by atoms with Crippen LogP contribution in [-0.2, 0) is 6.42 Å². The maximum Gasteiger partial charge on any atom is 0.244 e. The van der Waals surface area contributed by atoms with Crippen LogP contribution in [0.2, 0.25) is 0 Å². The molecule has 0 aliphatic heterocycles. The molecule has 27 heavy (non-hydrogen) atoms. The van der Waals surface area contributed by atoms with Crippen LogP contribution < -0.4 is 10.6 Å². The lowest BCUT2D eigenvalue weighted by Gasteiger charge is -2.16. The van der Waals surface area contributed by atoms with Gasteiger partial charge in [0, 0.05) is 12.2 Å². The second-order valence-electron chi connectivity index (χ2n) is 7.00. The van der Waals surface area contributed by atoms with Crippen molar-refractivity contribution >= 4 is 17.5 Å². The predicted molar refractivity (Wildman–Crippen MR) is 112 cm³/mol. The molecule has 0 unspecified atom stereocenters. The molecule has 0 atom stereocenters. The number of anilines is 3. The van der Waals surface area contributed by atoms with E-state index in [0.717, 1.165) is 25.1 Å². The Kier molecular flexibility index (Phi) is 6.36. The highest BCUT2D eigenvalue weighted by atomic mass is 15.3. The van der Waals surface area contributed by atoms with E-state index < -0.39 is 0 Å². The molecule has 0 amide bonds. The van der Waals surface area contributed by atoms with E-state index >= 15 is 0 Å². The van der Waals surface area contributed by atoms with Gasteiger partial charge in [-0.1, -0.05) is 62.4 Å². The Balaban J connectivity index is 1.61. The standard InChI is InChI=1S/C22H27N5/c1-16(2)19-13-7-9-17(3)21(19)25-20-15-24-27-22(26-20)23-14-8-12-18-10-5-4-6-11-18/h4-7,9-11,13,15-16H,8,12,14H2,1-3H3,(H2,23,25,26,27). The molecule has 140 valence electrons. The molecule has 1 aromatic heterocycles. The first-order valence-electron chi connectivity index (χ1n) is 9.47. The zero-order valence-corrected chi connectivity index (χ0v) is 16.2. The van der Waals surface area contributed by atoms with Crippen molar-refractivity contribution in [1.29, 1.82) is 0 Å². The van der Waals surface area contributed by atoms with E-state index in [4.69, 9.17) is 0 Å². The van der Waals surface area contributed by atoms with E-state index in [1.54, 1.807) is 6.20 Å². The zero-order chi connectivity index (χ0) is 19.1. The van der Waals surface area contributed by atoms with Gasteiger partial charge in [0.05, 0.1) is 6.20 Å². The van der Waals surface area contributed by atoms with Gasteiger partial charge < -0.3 is 10.6 Å². The van der Waals surface area contributed by atoms with E-state index in [2.05, 4.69) is 89.1 Å². The number of nitrogens with one attached hydrogen (secondary N) is 2. The van der Waals surface area contributed by atoms with Crippen LogP contribution in [0.1, 0.15) is 42.9 Å². The van der Waals surface area contributed by atoms with Crippen LogP contribution in [0.3, 0.4) is 0 Å². The molecular formula is C22H27N5. The molecule has 0 bridgehead atoms. The van der Waals surface area contributed by atoms with Gasteiger partial charge >= 0.3 is 0 Å². The molecule has 5 nitrogen and oxygen atoms in total. The van der Waals surface area contributed by atoms with Crippen LogP contribution in [0.15, 0.2) is 54.7 Å². The van der Waals surface area contributed by atoms with Crippen molar-refractivity contribution in [1.82, 2.24) is 15.2 Å². The molecule has 3 rings (SSSR count). The number of hydrogen-bond acceptors (Lipinski definition) is 5. The van der Waals surface area contributed by atoms with Gasteiger partial charge in [0.2, 0.25) is 5.95 Å². The minimum Gasteiger partial charge on any atom is -0.353 e. The normalized spacial score (nSPS) is 10.8. The topological polar surface area (TPSA) is 62.7 Å². The summed E-state index contributed by atoms with van der Waals surface area (Å²) in [4.78, 5) is 4.56. The molecule has 3 aromatic rings. The van der Waals surface area contributed by atoms with Crippen LogP contribution in [0.25, 0.3) is 0 Å². The molecule has 0 aliphatic rings. The maximum atomic E-state index is 4.56. The summed E-state index contributed by atoms with van der Waals surface area (Å²) in [6.07, 6.45) is 3.70. The van der Waals surface area contributed by atoms with Crippen molar-refractivity contribution < 1.29 is 0 Å². The van der Waals surface area contributed by atoms with Crippen LogP contribution in [0.4, 0.5) is 17.5 Å². The Morgan fingerprint density at radius 1 is 1.00 bits per heavy atom. The Hall–Kier alpha value is -2.95. The smallest absolute Gasteiger partial charge is 0.244 e. The van der Waals surface area contributed by atoms with Crippen LogP contribution in [0.5, 0.6) is 0 Å². The van der Waals surface area contributed by atoms with E-state index in [0.29, 0.717) is 17.7 Å². The number of benzene rings is 2. The summed E-state index contributed by atoms with van der Waals surface area (Å²) in [5, 5.41) is 14.9. The van der Waals surface area contributed by atoms with Crippen LogP contribution >= 0.6 is 0 Å². The highest BCUT2D eigenvalue weighted by Crippen LogP contribution is 2.29. The fourth-order valence-electron chi connectivity index (χ4n) is 3.05. The molecule has 0 saturated carbocycles. The second kappa shape index (κ2) is 9.12. The van der Waals surface area contributed by atoms with Crippen molar-refractivity contribution in [3.05, 3.63) is 71.4 Å². The zero-order valence-electron chi connectivity index (χ0n) is 16.2. The highest BCUT2D eigenvalue weighted by molar-refractivity contribution is 5.65. The second-order valence-corrected chi connectivity index (χ2v) is 7.00. The Labute approximate surface area is 161 Å². The summed E-state index contributed by atoms with van der Waals surface area (Å²) in [5.41, 5.74) is 4.90. The molecule has 0 aliphatic carbocycles. The molecule has 2 aromatic carbocycles. The fraction of sp³-hybridized carbons (Fsp3) is 0.318. The van der Waals surface area contributed by atoms with Gasteiger partial charge in [-0.25, -0.2) is 0 Å². The minimum atomic E-state index is 0.428. The first-order chi connectivity index (χ1) is 13.1. The van der Waals surface area contributed by atoms with Gasteiger partial charge in [-0.3, -0.25) is 0 Å². The van der Waals surface area contributed by atoms with E-state index in [-0.39, 0.29) is 0 Å². The first kappa shape index (κ1) is 18.8. The third-order valence-electron chi connectivity index (χ3n) is 4.51. The molecule has 0 radical (unpaired) electrons. The van der Waals surface area contributed by atoms with Gasteiger partial charge in [0.25, 0.3) is 0 Å². The Morgan fingerprint density at radius 2 is 1.81 bits per heavy atom. The summed E-state index contributed by atoms with van der Waals surface area (Å²) >= 11 is 0. The molecule has 0 fully saturated rings. The average Bonchev–Trinajstić information content (AvgIpc) is 2.68. The quantitative estimate of drug-likeness (QED) is 0.547. The SMILES string of the molecule is Cc1cccc(C(C)C)c1Nc1cnnc(NCCCc2ccccc2)n1. The van der Waals surface area contributed by atoms with Crippen LogP contribution in [-0.4, -0.2) is 21.7 Å². The number of hydrogen-bond donors (Lipinski definition) is 2. The van der Waals surface area contributed by atoms with E-state index in [9.17, 15) is 0 Å². The van der Waals surface area contributed by atoms with Gasteiger partial charge in [-0.15, -0.1) is 5.10 Å². The van der Waals surface area contributed by atoms with Crippen molar-refractivity contribution in [2.24, 2.45) is 0 Å². The average molecular weight is 361 g/mol. The Bertz CT molecular complexity index is 862. The van der Waals surface area contributed by atoms with Crippen molar-refractivity contribution in [3.63, 3.8) is 0 Å². The summed E-state index contributed by atoms with van der Waals surface area (Å²) in [6, 6.07) is 16.8. The van der Waals surface area contributed by atoms with Gasteiger partial charge in [-0.2, -0.15) is 10.1 Å². The fourth-order valence-corrected chi connectivity index (χ4v) is 3.05. The number of aromatic nitrogens is 3. The third kappa shape index (κ3) is 5.26. The molecule has 5 heteroatoms. The van der Waals surface area contributed by atoms with Gasteiger partial charge in [0.1, 0.15) is 0 Å². The predicted octanol–water partition coefficient (Wildman–Crippen LogP) is 5.09. The van der Waals surface area contributed by atoms with Gasteiger partial charge in [0.15, 0.2) is 5.82 Å². The highest BCUT2D eigenvalue weighted by Gasteiger charge is 2.10. The largest absolute Gasteiger partial charge is 0.353 e. The van der Waals surface area contributed by atoms with E-state index in [1.807, 2.05) is 6.07 Å². The van der Waals surface area contributed by atoms with Crippen LogP contribution in [0, 0.1) is 6.92 Å². The summed E-state index contributed by atoms with van der Waals surface area (Å²) in [7, 11) is 0. The summed E-state index contributed by atoms with van der Waals surface area (Å²) in [5.74, 6) is 1.68. The lowest BCUT2D eigenvalue weighted by molar-refractivity contribution is 0.842. The molecular weight excluding hydrogens is 334 g/mol. The first-order valence-corrected chi connectivity index (χ1v) is 9.47. The Morgan fingerprint density at radius 3 is 2.59 bits per heavy atom. The number of para-hydroxylation sites is 1. The maximum absolute atomic E-state index is 4.56. The lowest BCUT2D eigenvalue weighted by Crippen LogP contribution is -2.09. The molecule has 0 saturated heterocycles. The van der Waals surface area contributed by atoms with E-state index in [1.165, 1.54) is 16.7 Å². The molecule has 0 spiro atoms. The molecule has 1 heterocycles. The third-order valence-corrected chi connectivity index (χ3v) is 4.51. The van der Waals surface area contributed by atoms with Crippen molar-refractivity contribution in [2.45, 2.75) is 39.5 Å². The number of nitrogens with zero attached hydrogens (tertiary/aromatic N) is 3. The number of rotatable bonds is 8. The minimum absolute atomic E-state index is 0.428. The monoisotopic (exact) mass is 361 g/mol. The van der Waals surface area contributed by atoms with Crippen molar-refractivity contribution in [3.8, 4) is 0 Å². The summed E-state index contributed by atoms with van der Waals surface area (Å²) < 4.78 is 0. The van der Waals surface area contributed by atoms with Crippen molar-refractivity contribution in [2.75, 3.05) is 17.2 Å². The number of aryl methyl sites for hydroxylation is 2. The molecule has 2 N–H and O–H groups in total. The lowest BCUT2D eigenvalue weighted by atomic mass is 9.98. The summed E-state index contributed by atoms with van der Waals surface area (Å²) in [6.45, 7) is 7.29.